The Morgan fingerprint density at radius 1 is 1.08 bits per heavy atom. The summed E-state index contributed by atoms with van der Waals surface area (Å²) in [5, 5.41) is 2.59. The van der Waals surface area contributed by atoms with Gasteiger partial charge in [0.2, 0.25) is 0 Å². The lowest BCUT2D eigenvalue weighted by atomic mass is 10.0. The number of pyridine rings is 1. The molecular weight excluding hydrogens is 497 g/mol. The Balaban J connectivity index is 1.57. The first-order chi connectivity index (χ1) is 16.9. The Morgan fingerprint density at radius 3 is 2.47 bits per heavy atom. The Labute approximate surface area is 208 Å². The number of benzene rings is 1. The van der Waals surface area contributed by atoms with Gasteiger partial charge in [0, 0.05) is 30.0 Å². The number of urea groups is 1. The zero-order valence-electron chi connectivity index (χ0n) is 18.9. The third kappa shape index (κ3) is 4.73. The summed E-state index contributed by atoms with van der Waals surface area (Å²) < 4.78 is 39.1. The SMILES string of the molecule is CC1(C)C(=O)N(c2ccc(C(F)(F)F)cc2S)C(=O)N1Cc1ccnc(NC(=O)c2cnccn2)c1. The normalized spacial score (nSPS) is 15.4. The van der Waals surface area contributed by atoms with Gasteiger partial charge >= 0.3 is 12.2 Å². The van der Waals surface area contributed by atoms with Crippen molar-refractivity contribution in [3.8, 4) is 0 Å². The molecular formula is C23H19F3N6O3S. The molecule has 4 rings (SSSR count). The van der Waals surface area contributed by atoms with Gasteiger partial charge in [-0.25, -0.2) is 19.7 Å². The average Bonchev–Trinajstić information content (AvgIpc) is 2.99. The summed E-state index contributed by atoms with van der Waals surface area (Å²) in [5.74, 6) is -0.959. The van der Waals surface area contributed by atoms with Crippen molar-refractivity contribution in [1.29, 1.82) is 0 Å². The molecule has 1 saturated heterocycles. The molecule has 0 aliphatic carbocycles. The summed E-state index contributed by atoms with van der Waals surface area (Å²) in [6.45, 7) is 3.04. The number of amides is 4. The minimum Gasteiger partial charge on any atom is -0.305 e. The van der Waals surface area contributed by atoms with Crippen LogP contribution in [-0.2, 0) is 17.5 Å². The lowest BCUT2D eigenvalue weighted by molar-refractivity contribution is -0.137. The highest BCUT2D eigenvalue weighted by Crippen LogP contribution is 2.39. The van der Waals surface area contributed by atoms with Crippen LogP contribution in [0.3, 0.4) is 0 Å². The zero-order chi connectivity index (χ0) is 26.3. The number of thiol groups is 1. The minimum absolute atomic E-state index is 0.0346. The minimum atomic E-state index is -4.60. The van der Waals surface area contributed by atoms with Crippen LogP contribution in [0.15, 0.2) is 60.0 Å². The zero-order valence-corrected chi connectivity index (χ0v) is 19.8. The second-order valence-electron chi connectivity index (χ2n) is 8.36. The highest BCUT2D eigenvalue weighted by Gasteiger charge is 2.52. The lowest BCUT2D eigenvalue weighted by Gasteiger charge is -2.27. The van der Waals surface area contributed by atoms with E-state index in [0.29, 0.717) is 5.56 Å². The number of anilines is 2. The first kappa shape index (κ1) is 25.1. The number of nitrogens with zero attached hydrogens (tertiary/aromatic N) is 5. The number of aromatic nitrogens is 3. The molecule has 1 fully saturated rings. The quantitative estimate of drug-likeness (QED) is 0.389. The number of carbonyl (C=O) groups excluding carboxylic acids is 3. The Bertz CT molecular complexity index is 1350. The number of carbonyl (C=O) groups is 3. The van der Waals surface area contributed by atoms with Crippen LogP contribution in [0.2, 0.25) is 0 Å². The van der Waals surface area contributed by atoms with E-state index in [-0.39, 0.29) is 28.6 Å². The van der Waals surface area contributed by atoms with Crippen molar-refractivity contribution in [1.82, 2.24) is 19.9 Å². The summed E-state index contributed by atoms with van der Waals surface area (Å²) in [4.78, 5) is 52.6. The molecule has 3 heterocycles. The standard InChI is InChI=1S/C23H19F3N6O3S/c1-22(2)20(34)32(16-4-3-14(10-17(16)36)23(24,25)26)21(35)31(22)12-13-5-6-29-18(9-13)30-19(33)15-11-27-7-8-28-15/h3-11,36H,12H2,1-2H3,(H,29,30,33). The fourth-order valence-electron chi connectivity index (χ4n) is 3.62. The maximum absolute atomic E-state index is 13.3. The van der Waals surface area contributed by atoms with Crippen LogP contribution in [0.25, 0.3) is 0 Å². The summed E-state index contributed by atoms with van der Waals surface area (Å²) >= 11 is 4.09. The molecule has 1 aromatic carbocycles. The van der Waals surface area contributed by atoms with E-state index < -0.39 is 35.1 Å². The topological polar surface area (TPSA) is 108 Å². The van der Waals surface area contributed by atoms with Gasteiger partial charge in [-0.1, -0.05) is 0 Å². The van der Waals surface area contributed by atoms with Crippen LogP contribution in [-0.4, -0.2) is 43.2 Å². The van der Waals surface area contributed by atoms with Crippen LogP contribution >= 0.6 is 12.6 Å². The predicted octanol–water partition coefficient (Wildman–Crippen LogP) is 4.18. The number of nitrogens with one attached hydrogen (secondary N) is 1. The fourth-order valence-corrected chi connectivity index (χ4v) is 3.94. The van der Waals surface area contributed by atoms with Crippen LogP contribution in [0.4, 0.5) is 29.5 Å². The second kappa shape index (κ2) is 9.22. The summed E-state index contributed by atoms with van der Waals surface area (Å²) in [6, 6.07) is 5.03. The Morgan fingerprint density at radius 2 is 1.83 bits per heavy atom. The summed E-state index contributed by atoms with van der Waals surface area (Å²) in [6.07, 6.45) is 0.923. The van der Waals surface area contributed by atoms with Gasteiger partial charge in [-0.2, -0.15) is 13.2 Å². The smallest absolute Gasteiger partial charge is 0.305 e. The number of hydrogen-bond acceptors (Lipinski definition) is 7. The van der Waals surface area contributed by atoms with Crippen molar-refractivity contribution in [2.75, 3.05) is 10.2 Å². The molecule has 4 amide bonds. The lowest BCUT2D eigenvalue weighted by Crippen LogP contribution is -2.43. The molecule has 3 aromatic rings. The van der Waals surface area contributed by atoms with E-state index in [1.54, 1.807) is 6.07 Å². The van der Waals surface area contributed by atoms with Crippen molar-refractivity contribution < 1.29 is 27.6 Å². The summed E-state index contributed by atoms with van der Waals surface area (Å²) in [5.41, 5.74) is -1.68. The third-order valence-electron chi connectivity index (χ3n) is 5.57. The number of rotatable bonds is 5. The van der Waals surface area contributed by atoms with Gasteiger partial charge in [0.25, 0.3) is 11.8 Å². The average molecular weight is 517 g/mol. The van der Waals surface area contributed by atoms with Crippen LogP contribution < -0.4 is 10.2 Å². The molecule has 1 aliphatic rings. The van der Waals surface area contributed by atoms with Gasteiger partial charge < -0.3 is 10.2 Å². The van der Waals surface area contributed by atoms with Gasteiger partial charge in [-0.15, -0.1) is 12.6 Å². The highest BCUT2D eigenvalue weighted by atomic mass is 32.1. The Kier molecular flexibility index (Phi) is 6.43. The maximum Gasteiger partial charge on any atom is 0.416 e. The molecule has 13 heteroatoms. The van der Waals surface area contributed by atoms with E-state index in [1.165, 1.54) is 49.6 Å². The Hall–Kier alpha value is -4.00. The van der Waals surface area contributed by atoms with E-state index >= 15 is 0 Å². The summed E-state index contributed by atoms with van der Waals surface area (Å²) in [7, 11) is 0. The molecule has 36 heavy (non-hydrogen) atoms. The molecule has 0 saturated carbocycles. The molecule has 186 valence electrons. The van der Waals surface area contributed by atoms with Gasteiger partial charge in [0.15, 0.2) is 0 Å². The second-order valence-corrected chi connectivity index (χ2v) is 8.85. The highest BCUT2D eigenvalue weighted by molar-refractivity contribution is 7.80. The van der Waals surface area contributed by atoms with E-state index in [1.807, 2.05) is 0 Å². The monoisotopic (exact) mass is 516 g/mol. The van der Waals surface area contributed by atoms with Crippen molar-refractivity contribution >= 4 is 42.0 Å². The van der Waals surface area contributed by atoms with Gasteiger partial charge in [0.1, 0.15) is 17.1 Å². The van der Waals surface area contributed by atoms with E-state index in [4.69, 9.17) is 0 Å². The molecule has 0 bridgehead atoms. The molecule has 1 aliphatic heterocycles. The van der Waals surface area contributed by atoms with E-state index in [0.717, 1.165) is 23.1 Å². The molecule has 0 spiro atoms. The molecule has 0 unspecified atom stereocenters. The largest absolute Gasteiger partial charge is 0.416 e. The molecule has 0 atom stereocenters. The number of imide groups is 1. The van der Waals surface area contributed by atoms with Gasteiger partial charge in [-0.3, -0.25) is 14.6 Å². The molecule has 9 nitrogen and oxygen atoms in total. The third-order valence-corrected chi connectivity index (χ3v) is 5.93. The number of halogens is 3. The molecule has 0 radical (unpaired) electrons. The van der Waals surface area contributed by atoms with Gasteiger partial charge in [-0.05, 0) is 49.7 Å². The van der Waals surface area contributed by atoms with Crippen molar-refractivity contribution in [3.05, 3.63) is 71.9 Å². The first-order valence-corrected chi connectivity index (χ1v) is 10.9. The fraction of sp³-hybridized carbons (Fsp3) is 0.217. The molecule has 1 N–H and O–H groups in total. The van der Waals surface area contributed by atoms with Crippen LogP contribution in [0.1, 0.15) is 35.5 Å². The van der Waals surface area contributed by atoms with Crippen LogP contribution in [0, 0.1) is 0 Å². The first-order valence-electron chi connectivity index (χ1n) is 10.5. The number of hydrogen-bond donors (Lipinski definition) is 2. The van der Waals surface area contributed by atoms with Crippen molar-refractivity contribution in [2.45, 2.75) is 37.0 Å². The van der Waals surface area contributed by atoms with E-state index in [2.05, 4.69) is 32.9 Å². The van der Waals surface area contributed by atoms with Gasteiger partial charge in [0.05, 0.1) is 17.4 Å². The molecule has 2 aromatic heterocycles. The van der Waals surface area contributed by atoms with E-state index in [9.17, 15) is 27.6 Å². The predicted molar refractivity (Wildman–Crippen MR) is 125 cm³/mol. The number of alkyl halides is 3. The maximum atomic E-state index is 13.3. The van der Waals surface area contributed by atoms with Crippen LogP contribution in [0.5, 0.6) is 0 Å². The van der Waals surface area contributed by atoms with Crippen molar-refractivity contribution in [2.24, 2.45) is 0 Å². The van der Waals surface area contributed by atoms with Crippen molar-refractivity contribution in [3.63, 3.8) is 0 Å².